The van der Waals surface area contributed by atoms with Gasteiger partial charge in [0.1, 0.15) is 17.6 Å². The first-order valence-corrected chi connectivity index (χ1v) is 13.4. The summed E-state index contributed by atoms with van der Waals surface area (Å²) in [5.74, 6) is -4.32. The Balaban J connectivity index is 1.81. The topological polar surface area (TPSA) is 86.9 Å². The summed E-state index contributed by atoms with van der Waals surface area (Å²) >= 11 is 0. The van der Waals surface area contributed by atoms with E-state index in [0.29, 0.717) is 25.1 Å². The number of rotatable bonds is 8. The van der Waals surface area contributed by atoms with Crippen LogP contribution in [0.25, 0.3) is 0 Å². The molecule has 2 aromatic carbocycles. The van der Waals surface area contributed by atoms with Crippen LogP contribution in [0.1, 0.15) is 53.1 Å². The number of ketones is 1. The van der Waals surface area contributed by atoms with Crippen LogP contribution in [0, 0.1) is 24.6 Å². The molecule has 0 aromatic heterocycles. The van der Waals surface area contributed by atoms with Crippen LogP contribution in [0.5, 0.6) is 5.75 Å². The monoisotopic (exact) mass is 549 g/mol. The third-order valence-corrected chi connectivity index (χ3v) is 8.07. The molecule has 3 N–H and O–H groups in total. The Kier molecular flexibility index (Phi) is 8.96. The fourth-order valence-corrected chi connectivity index (χ4v) is 6.15. The molecule has 2 heterocycles. The number of benzene rings is 2. The summed E-state index contributed by atoms with van der Waals surface area (Å²) in [4.78, 5) is 30.8. The minimum atomic E-state index is -4.57. The van der Waals surface area contributed by atoms with Gasteiger partial charge in [-0.1, -0.05) is 24.3 Å². The van der Waals surface area contributed by atoms with Gasteiger partial charge in [0.05, 0.1) is 5.92 Å². The Morgan fingerprint density at radius 1 is 1.08 bits per heavy atom. The van der Waals surface area contributed by atoms with Crippen LogP contribution in [0.4, 0.5) is 17.6 Å². The van der Waals surface area contributed by atoms with Crippen LogP contribution < -0.4 is 5.73 Å². The number of carbonyl (C=O) groups excluding carboxylic acids is 2. The summed E-state index contributed by atoms with van der Waals surface area (Å²) in [5, 5.41) is 10.0. The zero-order valence-corrected chi connectivity index (χ0v) is 22.0. The Bertz CT molecular complexity index is 1190. The van der Waals surface area contributed by atoms with Crippen molar-refractivity contribution < 1.29 is 32.3 Å². The van der Waals surface area contributed by atoms with Gasteiger partial charge in [-0.15, -0.1) is 0 Å². The normalized spacial score (nSPS) is 24.2. The van der Waals surface area contributed by atoms with Crippen molar-refractivity contribution in [3.05, 3.63) is 65.0 Å². The van der Waals surface area contributed by atoms with Crippen molar-refractivity contribution in [2.24, 2.45) is 17.6 Å². The average molecular weight is 550 g/mol. The molecule has 212 valence electrons. The van der Waals surface area contributed by atoms with E-state index in [1.807, 2.05) is 4.90 Å². The molecule has 0 unspecified atom stereocenters. The number of phenols is 1. The van der Waals surface area contributed by atoms with Crippen LogP contribution in [-0.2, 0) is 4.79 Å². The predicted molar refractivity (Wildman–Crippen MR) is 139 cm³/mol. The highest BCUT2D eigenvalue weighted by atomic mass is 19.4. The van der Waals surface area contributed by atoms with Crippen LogP contribution in [0.2, 0.25) is 0 Å². The number of alkyl halides is 3. The molecule has 10 heteroatoms. The maximum Gasteiger partial charge on any atom is 0.408 e. The summed E-state index contributed by atoms with van der Waals surface area (Å²) in [6.45, 7) is 2.91. The number of Topliss-reactive ketones (excluding diaryl/α,β-unsaturated/α-hetero) is 1. The van der Waals surface area contributed by atoms with E-state index >= 15 is 0 Å². The molecule has 6 nitrogen and oxygen atoms in total. The molecule has 2 aliphatic heterocycles. The van der Waals surface area contributed by atoms with E-state index in [1.165, 1.54) is 30.3 Å². The summed E-state index contributed by atoms with van der Waals surface area (Å²) in [6.07, 6.45) is -3.09. The van der Waals surface area contributed by atoms with Crippen molar-refractivity contribution in [2.75, 3.05) is 32.7 Å². The molecule has 39 heavy (non-hydrogen) atoms. The summed E-state index contributed by atoms with van der Waals surface area (Å²) in [7, 11) is 0. The minimum Gasteiger partial charge on any atom is -0.508 e. The highest BCUT2D eigenvalue weighted by Gasteiger charge is 2.52. The molecule has 0 bridgehead atoms. The van der Waals surface area contributed by atoms with E-state index in [-0.39, 0.29) is 55.1 Å². The molecule has 2 aliphatic rings. The van der Waals surface area contributed by atoms with E-state index in [4.69, 9.17) is 5.73 Å². The molecule has 4 rings (SSSR count). The van der Waals surface area contributed by atoms with Gasteiger partial charge in [0, 0.05) is 37.0 Å². The van der Waals surface area contributed by atoms with Gasteiger partial charge in [-0.2, -0.15) is 13.2 Å². The zero-order valence-electron chi connectivity index (χ0n) is 22.0. The van der Waals surface area contributed by atoms with E-state index in [2.05, 4.69) is 0 Å². The molecule has 0 radical (unpaired) electrons. The summed E-state index contributed by atoms with van der Waals surface area (Å²) in [5.41, 5.74) is 6.58. The number of halogens is 4. The molecule has 1 amide bonds. The lowest BCUT2D eigenvalue weighted by molar-refractivity contribution is -0.185. The second-order valence-electron chi connectivity index (χ2n) is 10.6. The molecule has 0 saturated carbocycles. The second kappa shape index (κ2) is 12.0. The number of aromatic hydroxyl groups is 1. The number of phenolic OH excluding ortho intramolecular Hbond substituents is 1. The highest BCUT2D eigenvalue weighted by Crippen LogP contribution is 2.44. The van der Waals surface area contributed by atoms with Gasteiger partial charge in [0.15, 0.2) is 5.78 Å². The lowest BCUT2D eigenvalue weighted by Gasteiger charge is -2.45. The first-order chi connectivity index (χ1) is 18.5. The summed E-state index contributed by atoms with van der Waals surface area (Å²) in [6, 6.07) is 8.41. The maximum absolute atomic E-state index is 14.8. The van der Waals surface area contributed by atoms with Gasteiger partial charge in [0.25, 0.3) is 0 Å². The van der Waals surface area contributed by atoms with Crippen LogP contribution >= 0.6 is 0 Å². The van der Waals surface area contributed by atoms with Gasteiger partial charge in [-0.05, 0) is 75.0 Å². The summed E-state index contributed by atoms with van der Waals surface area (Å²) < 4.78 is 56.4. The third kappa shape index (κ3) is 6.27. The molecular formula is C29H35F4N3O3. The first kappa shape index (κ1) is 29.0. The molecule has 4 atom stereocenters. The Labute approximate surface area is 225 Å². The number of nitrogens with two attached hydrogens (primary N) is 1. The van der Waals surface area contributed by atoms with Crippen LogP contribution in [0.3, 0.4) is 0 Å². The first-order valence-electron chi connectivity index (χ1n) is 13.4. The molecule has 0 aliphatic carbocycles. The lowest BCUT2D eigenvalue weighted by Crippen LogP contribution is -2.55. The zero-order chi connectivity index (χ0) is 28.3. The highest BCUT2D eigenvalue weighted by molar-refractivity contribution is 5.99. The van der Waals surface area contributed by atoms with Crippen molar-refractivity contribution in [3.63, 3.8) is 0 Å². The van der Waals surface area contributed by atoms with E-state index in [1.54, 1.807) is 19.1 Å². The largest absolute Gasteiger partial charge is 0.508 e. The van der Waals surface area contributed by atoms with Crippen LogP contribution in [-0.4, -0.2) is 71.5 Å². The third-order valence-electron chi connectivity index (χ3n) is 8.07. The van der Waals surface area contributed by atoms with Crippen molar-refractivity contribution >= 4 is 11.7 Å². The van der Waals surface area contributed by atoms with Crippen LogP contribution in [0.15, 0.2) is 42.5 Å². The van der Waals surface area contributed by atoms with Gasteiger partial charge in [0.2, 0.25) is 5.91 Å². The lowest BCUT2D eigenvalue weighted by atomic mass is 9.69. The maximum atomic E-state index is 14.8. The van der Waals surface area contributed by atoms with E-state index in [0.717, 1.165) is 11.3 Å². The SMILES string of the molecule is Cc1c(F)cccc1[C@@H]1[C@@H](C(=O)c2cccc(O)c2)CN(CCCCN)C[C@H]1C(=O)N1CCC[C@H]1C(F)(F)F. The number of piperidine rings is 1. The van der Waals surface area contributed by atoms with Gasteiger partial charge < -0.3 is 20.6 Å². The Morgan fingerprint density at radius 3 is 2.49 bits per heavy atom. The van der Waals surface area contributed by atoms with E-state index < -0.39 is 41.7 Å². The molecule has 2 fully saturated rings. The van der Waals surface area contributed by atoms with Gasteiger partial charge in [-0.3, -0.25) is 9.59 Å². The number of nitrogens with zero attached hydrogens (tertiary/aromatic N) is 2. The Morgan fingerprint density at radius 2 is 1.79 bits per heavy atom. The predicted octanol–water partition coefficient (Wildman–Crippen LogP) is 4.65. The fraction of sp³-hybridized carbons (Fsp3) is 0.517. The standard InChI is InChI=1S/C29H35F4N3O3/c1-18-21(9-5-10-24(18)30)26-22(27(38)19-7-4-8-20(37)15-19)16-35(13-3-2-12-34)17-23(26)28(39)36-14-6-11-25(36)29(31,32)33/h4-5,7-10,15,22-23,25-26,37H,2-3,6,11-14,16-17,34H2,1H3/t22-,23+,25-,26+/m0/s1. The quantitative estimate of drug-likeness (QED) is 0.285. The fourth-order valence-electron chi connectivity index (χ4n) is 6.15. The number of amides is 1. The van der Waals surface area contributed by atoms with Crippen molar-refractivity contribution in [1.82, 2.24) is 9.80 Å². The second-order valence-corrected chi connectivity index (χ2v) is 10.6. The smallest absolute Gasteiger partial charge is 0.408 e. The molecule has 0 spiro atoms. The number of unbranched alkanes of at least 4 members (excludes halogenated alkanes) is 1. The number of hydrogen-bond donors (Lipinski definition) is 2. The van der Waals surface area contributed by atoms with E-state index in [9.17, 15) is 32.3 Å². The van der Waals surface area contributed by atoms with Crippen molar-refractivity contribution in [1.29, 1.82) is 0 Å². The van der Waals surface area contributed by atoms with Crippen molar-refractivity contribution in [3.8, 4) is 5.75 Å². The molecular weight excluding hydrogens is 514 g/mol. The number of hydrogen-bond acceptors (Lipinski definition) is 5. The van der Waals surface area contributed by atoms with Gasteiger partial charge >= 0.3 is 6.18 Å². The average Bonchev–Trinajstić information content (AvgIpc) is 3.40. The van der Waals surface area contributed by atoms with Crippen molar-refractivity contribution in [2.45, 2.75) is 50.7 Å². The minimum absolute atomic E-state index is 0.0211. The molecule has 2 aromatic rings. The number of carbonyl (C=O) groups is 2. The van der Waals surface area contributed by atoms with Gasteiger partial charge in [-0.25, -0.2) is 4.39 Å². The number of likely N-dealkylation sites (tertiary alicyclic amines) is 2. The molecule has 2 saturated heterocycles. The Hall–Kier alpha value is -2.98.